The highest BCUT2D eigenvalue weighted by atomic mass is 16.5. The van der Waals surface area contributed by atoms with Crippen molar-refractivity contribution in [1.82, 2.24) is 14.8 Å². The van der Waals surface area contributed by atoms with Crippen molar-refractivity contribution in [1.29, 1.82) is 0 Å². The van der Waals surface area contributed by atoms with Gasteiger partial charge in [-0.3, -0.25) is 4.79 Å². The first-order valence-electron chi connectivity index (χ1n) is 9.02. The first-order chi connectivity index (χ1) is 13.5. The lowest BCUT2D eigenvalue weighted by Gasteiger charge is -2.01. The Morgan fingerprint density at radius 1 is 1.21 bits per heavy atom. The van der Waals surface area contributed by atoms with Crippen molar-refractivity contribution in [2.24, 2.45) is 0 Å². The van der Waals surface area contributed by atoms with Gasteiger partial charge < -0.3 is 9.72 Å². The Kier molecular flexibility index (Phi) is 4.53. The van der Waals surface area contributed by atoms with Crippen molar-refractivity contribution in [2.45, 2.75) is 13.8 Å². The van der Waals surface area contributed by atoms with Crippen LogP contribution in [-0.2, 0) is 9.53 Å². The van der Waals surface area contributed by atoms with E-state index in [1.807, 2.05) is 55.6 Å². The summed E-state index contributed by atoms with van der Waals surface area (Å²) in [5.41, 5.74) is 3.69. The highest BCUT2D eigenvalue weighted by Crippen LogP contribution is 2.24. The van der Waals surface area contributed by atoms with E-state index in [0.717, 1.165) is 33.1 Å². The number of nitrogens with zero attached hydrogens (tertiary/aromatic N) is 2. The summed E-state index contributed by atoms with van der Waals surface area (Å²) in [7, 11) is 0. The standard InChI is InChI=1S/C22H19N3O3/c1-3-28-20(26)10-8-15-7-9-19-17(12-15)18-13-25(24-21(18)22(27)23-19)16-6-4-5-14(2)11-16/h4-13H,3H2,1-2H3,(H,23,27)/b10-8+. The van der Waals surface area contributed by atoms with Crippen molar-refractivity contribution >= 4 is 33.9 Å². The number of aromatic amines is 1. The number of aryl methyl sites for hydroxylation is 1. The molecule has 0 radical (unpaired) electrons. The molecule has 0 aliphatic heterocycles. The van der Waals surface area contributed by atoms with Crippen molar-refractivity contribution in [3.63, 3.8) is 0 Å². The predicted octanol–water partition coefficient (Wildman–Crippen LogP) is 3.75. The van der Waals surface area contributed by atoms with E-state index in [9.17, 15) is 9.59 Å². The Morgan fingerprint density at radius 2 is 2.07 bits per heavy atom. The van der Waals surface area contributed by atoms with Crippen LogP contribution in [0.25, 0.3) is 33.6 Å². The minimum Gasteiger partial charge on any atom is -0.463 e. The molecule has 0 spiro atoms. The zero-order valence-electron chi connectivity index (χ0n) is 15.6. The molecule has 2 aromatic heterocycles. The summed E-state index contributed by atoms with van der Waals surface area (Å²) in [5, 5.41) is 6.10. The molecule has 0 fully saturated rings. The number of ether oxygens (including phenoxy) is 1. The molecule has 2 aromatic carbocycles. The molecule has 0 aliphatic carbocycles. The first kappa shape index (κ1) is 17.7. The van der Waals surface area contributed by atoms with E-state index in [4.69, 9.17) is 4.74 Å². The number of carbonyl (C=O) groups excluding carboxylic acids is 1. The van der Waals surface area contributed by atoms with Crippen LogP contribution in [0.15, 0.2) is 59.5 Å². The van der Waals surface area contributed by atoms with Crippen LogP contribution in [0.4, 0.5) is 0 Å². The average Bonchev–Trinajstić information content (AvgIpc) is 3.13. The van der Waals surface area contributed by atoms with Crippen molar-refractivity contribution in [3.05, 3.63) is 76.2 Å². The second-order valence-electron chi connectivity index (χ2n) is 6.52. The van der Waals surface area contributed by atoms with Crippen LogP contribution in [0.2, 0.25) is 0 Å². The van der Waals surface area contributed by atoms with Crippen LogP contribution >= 0.6 is 0 Å². The summed E-state index contributed by atoms with van der Waals surface area (Å²) in [6.45, 7) is 4.11. The third kappa shape index (κ3) is 3.32. The molecule has 1 N–H and O–H groups in total. The van der Waals surface area contributed by atoms with Crippen LogP contribution in [0.1, 0.15) is 18.1 Å². The molecule has 0 amide bonds. The van der Waals surface area contributed by atoms with Gasteiger partial charge in [-0.2, -0.15) is 5.10 Å². The van der Waals surface area contributed by atoms with Gasteiger partial charge in [-0.15, -0.1) is 0 Å². The predicted molar refractivity (Wildman–Crippen MR) is 110 cm³/mol. The number of hydrogen-bond donors (Lipinski definition) is 1. The van der Waals surface area contributed by atoms with Crippen LogP contribution in [0, 0.1) is 6.92 Å². The summed E-state index contributed by atoms with van der Waals surface area (Å²) in [6.07, 6.45) is 4.95. The topological polar surface area (TPSA) is 77.0 Å². The average molecular weight is 373 g/mol. The van der Waals surface area contributed by atoms with E-state index < -0.39 is 0 Å². The molecular weight excluding hydrogens is 354 g/mol. The van der Waals surface area contributed by atoms with E-state index in [0.29, 0.717) is 12.1 Å². The molecule has 4 rings (SSSR count). The van der Waals surface area contributed by atoms with Gasteiger partial charge in [0.05, 0.1) is 12.3 Å². The normalized spacial score (nSPS) is 11.5. The minimum absolute atomic E-state index is 0.233. The number of rotatable bonds is 4. The Morgan fingerprint density at radius 3 is 2.86 bits per heavy atom. The quantitative estimate of drug-likeness (QED) is 0.437. The smallest absolute Gasteiger partial charge is 0.330 e. The lowest BCUT2D eigenvalue weighted by atomic mass is 10.1. The maximum absolute atomic E-state index is 12.5. The van der Waals surface area contributed by atoms with Crippen molar-refractivity contribution in [2.75, 3.05) is 6.61 Å². The van der Waals surface area contributed by atoms with Gasteiger partial charge >= 0.3 is 5.97 Å². The highest BCUT2D eigenvalue weighted by Gasteiger charge is 2.11. The SMILES string of the molecule is CCOC(=O)/C=C/c1ccc2[nH]c(=O)c3nn(-c4cccc(C)c4)cc3c2c1. The number of H-pyrrole nitrogens is 1. The van der Waals surface area contributed by atoms with Gasteiger partial charge in [0, 0.05) is 28.6 Å². The second kappa shape index (κ2) is 7.15. The van der Waals surface area contributed by atoms with Gasteiger partial charge in [-0.25, -0.2) is 9.48 Å². The Balaban J connectivity index is 1.86. The molecule has 0 bridgehead atoms. The van der Waals surface area contributed by atoms with Gasteiger partial charge in [-0.1, -0.05) is 18.2 Å². The molecule has 2 heterocycles. The van der Waals surface area contributed by atoms with Gasteiger partial charge in [0.1, 0.15) is 0 Å². The zero-order chi connectivity index (χ0) is 19.7. The van der Waals surface area contributed by atoms with E-state index >= 15 is 0 Å². The van der Waals surface area contributed by atoms with Crippen LogP contribution < -0.4 is 5.56 Å². The molecular formula is C22H19N3O3. The number of esters is 1. The molecule has 0 saturated heterocycles. The number of carbonyl (C=O) groups is 1. The van der Waals surface area contributed by atoms with Crippen LogP contribution in [0.3, 0.4) is 0 Å². The highest BCUT2D eigenvalue weighted by molar-refractivity contribution is 6.04. The fourth-order valence-electron chi connectivity index (χ4n) is 3.17. The number of aromatic nitrogens is 3. The lowest BCUT2D eigenvalue weighted by molar-refractivity contribution is -0.137. The number of benzene rings is 2. The van der Waals surface area contributed by atoms with E-state index in [-0.39, 0.29) is 11.5 Å². The van der Waals surface area contributed by atoms with Crippen molar-refractivity contribution in [3.8, 4) is 5.69 Å². The van der Waals surface area contributed by atoms with E-state index in [1.165, 1.54) is 6.08 Å². The number of fused-ring (bicyclic) bond motifs is 3. The van der Waals surface area contributed by atoms with Crippen molar-refractivity contribution < 1.29 is 9.53 Å². The Labute approximate surface area is 161 Å². The summed E-state index contributed by atoms with van der Waals surface area (Å²) in [4.78, 5) is 26.9. The van der Waals surface area contributed by atoms with E-state index in [2.05, 4.69) is 10.1 Å². The van der Waals surface area contributed by atoms with Gasteiger partial charge in [0.25, 0.3) is 5.56 Å². The maximum atomic E-state index is 12.5. The molecule has 0 aliphatic rings. The third-order valence-electron chi connectivity index (χ3n) is 4.48. The molecule has 140 valence electrons. The second-order valence-corrected chi connectivity index (χ2v) is 6.52. The molecule has 4 aromatic rings. The fourth-order valence-corrected chi connectivity index (χ4v) is 3.17. The fraction of sp³-hybridized carbons (Fsp3) is 0.136. The Bertz CT molecular complexity index is 1280. The molecule has 0 unspecified atom stereocenters. The zero-order valence-corrected chi connectivity index (χ0v) is 15.6. The number of pyridine rings is 1. The Hall–Kier alpha value is -3.67. The van der Waals surface area contributed by atoms with E-state index in [1.54, 1.807) is 17.7 Å². The maximum Gasteiger partial charge on any atom is 0.330 e. The molecule has 6 nitrogen and oxygen atoms in total. The van der Waals surface area contributed by atoms with Gasteiger partial charge in [0.15, 0.2) is 5.52 Å². The lowest BCUT2D eigenvalue weighted by Crippen LogP contribution is -2.07. The van der Waals surface area contributed by atoms with Gasteiger partial charge in [-0.05, 0) is 55.3 Å². The van der Waals surface area contributed by atoms with Crippen LogP contribution in [-0.4, -0.2) is 27.3 Å². The molecule has 6 heteroatoms. The van der Waals surface area contributed by atoms with Gasteiger partial charge in [0.2, 0.25) is 0 Å². The monoisotopic (exact) mass is 373 g/mol. The molecule has 0 saturated carbocycles. The summed E-state index contributed by atoms with van der Waals surface area (Å²) in [5.74, 6) is -0.388. The minimum atomic E-state index is -0.388. The number of hydrogen-bond acceptors (Lipinski definition) is 4. The first-order valence-corrected chi connectivity index (χ1v) is 9.02. The number of nitrogens with one attached hydrogen (secondary N) is 1. The van der Waals surface area contributed by atoms with Crippen LogP contribution in [0.5, 0.6) is 0 Å². The molecule has 0 atom stereocenters. The third-order valence-corrected chi connectivity index (χ3v) is 4.48. The summed E-state index contributed by atoms with van der Waals surface area (Å²) < 4.78 is 6.63. The largest absolute Gasteiger partial charge is 0.463 e. The molecule has 28 heavy (non-hydrogen) atoms. The summed E-state index contributed by atoms with van der Waals surface area (Å²) in [6, 6.07) is 13.5. The summed E-state index contributed by atoms with van der Waals surface area (Å²) >= 11 is 0.